The highest BCUT2D eigenvalue weighted by molar-refractivity contribution is 7.92. The van der Waals surface area contributed by atoms with Crippen molar-refractivity contribution in [1.29, 1.82) is 0 Å². The van der Waals surface area contributed by atoms with Gasteiger partial charge in [-0.25, -0.2) is 16.8 Å². The molecule has 0 spiro atoms. The molecule has 2 aromatic carbocycles. The van der Waals surface area contributed by atoms with Crippen LogP contribution in [-0.2, 0) is 24.8 Å². The molecular formula is C18H21N3O5S2. The van der Waals surface area contributed by atoms with Gasteiger partial charge in [0.15, 0.2) is 0 Å². The van der Waals surface area contributed by atoms with Crippen LogP contribution in [0, 0.1) is 13.8 Å². The van der Waals surface area contributed by atoms with E-state index in [0.717, 1.165) is 9.87 Å². The van der Waals surface area contributed by atoms with Crippen LogP contribution in [-0.4, -0.2) is 46.7 Å². The summed E-state index contributed by atoms with van der Waals surface area (Å²) in [6.07, 6.45) is 0. The third kappa shape index (κ3) is 4.18. The van der Waals surface area contributed by atoms with Crippen LogP contribution < -0.4 is 10.0 Å². The van der Waals surface area contributed by atoms with Crippen LogP contribution in [0.15, 0.2) is 52.3 Å². The SMILES string of the molecule is Cc1ccc(C)c(S(=O)(=O)Nc2cccc(S(=O)(=O)N3CCNC(=O)C3)c2)c1. The van der Waals surface area contributed by atoms with Crippen LogP contribution in [0.5, 0.6) is 0 Å². The fourth-order valence-corrected chi connectivity index (χ4v) is 5.72. The van der Waals surface area contributed by atoms with Gasteiger partial charge in [-0.2, -0.15) is 4.31 Å². The molecule has 2 aromatic rings. The van der Waals surface area contributed by atoms with Crippen LogP contribution >= 0.6 is 0 Å². The number of aryl methyl sites for hydroxylation is 2. The molecule has 1 aliphatic rings. The van der Waals surface area contributed by atoms with Crippen molar-refractivity contribution in [2.45, 2.75) is 23.6 Å². The highest BCUT2D eigenvalue weighted by Gasteiger charge is 2.29. The van der Waals surface area contributed by atoms with Crippen molar-refractivity contribution in [3.63, 3.8) is 0 Å². The van der Waals surface area contributed by atoms with E-state index >= 15 is 0 Å². The number of nitrogens with zero attached hydrogens (tertiary/aromatic N) is 1. The molecule has 1 saturated heterocycles. The summed E-state index contributed by atoms with van der Waals surface area (Å²) in [7, 11) is -7.80. The Kier molecular flexibility index (Phi) is 5.46. The van der Waals surface area contributed by atoms with Crippen molar-refractivity contribution in [1.82, 2.24) is 9.62 Å². The Bertz CT molecular complexity index is 1130. The fraction of sp³-hybridized carbons (Fsp3) is 0.278. The summed E-state index contributed by atoms with van der Waals surface area (Å²) >= 11 is 0. The van der Waals surface area contributed by atoms with E-state index in [1.807, 2.05) is 6.07 Å². The van der Waals surface area contributed by atoms with Crippen LogP contribution in [0.2, 0.25) is 0 Å². The topological polar surface area (TPSA) is 113 Å². The molecule has 2 N–H and O–H groups in total. The van der Waals surface area contributed by atoms with E-state index in [-0.39, 0.29) is 41.0 Å². The van der Waals surface area contributed by atoms with Gasteiger partial charge in [-0.1, -0.05) is 18.2 Å². The normalized spacial score (nSPS) is 15.9. The van der Waals surface area contributed by atoms with E-state index in [1.165, 1.54) is 24.3 Å². The molecule has 1 heterocycles. The lowest BCUT2D eigenvalue weighted by Gasteiger charge is -2.26. The van der Waals surface area contributed by atoms with Crippen LogP contribution in [0.4, 0.5) is 5.69 Å². The molecule has 0 saturated carbocycles. The lowest BCUT2D eigenvalue weighted by Crippen LogP contribution is -2.49. The molecule has 3 rings (SSSR count). The van der Waals surface area contributed by atoms with Crippen molar-refractivity contribution in [3.8, 4) is 0 Å². The third-order valence-electron chi connectivity index (χ3n) is 4.36. The summed E-state index contributed by atoms with van der Waals surface area (Å²) < 4.78 is 54.6. The van der Waals surface area contributed by atoms with Crippen LogP contribution in [0.3, 0.4) is 0 Å². The second-order valence-electron chi connectivity index (χ2n) is 6.59. The predicted octanol–water partition coefficient (Wildman–Crippen LogP) is 1.22. The monoisotopic (exact) mass is 423 g/mol. The molecule has 8 nitrogen and oxygen atoms in total. The number of nitrogens with one attached hydrogen (secondary N) is 2. The largest absolute Gasteiger partial charge is 0.354 e. The van der Waals surface area contributed by atoms with Gasteiger partial charge in [0.05, 0.1) is 22.0 Å². The Morgan fingerprint density at radius 1 is 1.04 bits per heavy atom. The van der Waals surface area contributed by atoms with Gasteiger partial charge < -0.3 is 5.32 Å². The lowest BCUT2D eigenvalue weighted by atomic mass is 10.2. The van der Waals surface area contributed by atoms with Crippen molar-refractivity contribution in [2.75, 3.05) is 24.4 Å². The number of hydrogen-bond donors (Lipinski definition) is 2. The Balaban J connectivity index is 1.91. The van der Waals surface area contributed by atoms with Crippen molar-refractivity contribution in [2.24, 2.45) is 0 Å². The van der Waals surface area contributed by atoms with Gasteiger partial charge in [0.1, 0.15) is 0 Å². The molecule has 28 heavy (non-hydrogen) atoms. The minimum Gasteiger partial charge on any atom is -0.354 e. The molecule has 10 heteroatoms. The van der Waals surface area contributed by atoms with E-state index in [0.29, 0.717) is 5.56 Å². The lowest BCUT2D eigenvalue weighted by molar-refractivity contribution is -0.122. The van der Waals surface area contributed by atoms with E-state index in [1.54, 1.807) is 26.0 Å². The van der Waals surface area contributed by atoms with Crippen molar-refractivity contribution >= 4 is 31.6 Å². The molecular weight excluding hydrogens is 402 g/mol. The number of carbonyl (C=O) groups is 1. The van der Waals surface area contributed by atoms with Crippen LogP contribution in [0.1, 0.15) is 11.1 Å². The molecule has 0 radical (unpaired) electrons. The number of amides is 1. The maximum absolute atomic E-state index is 12.8. The highest BCUT2D eigenvalue weighted by Crippen LogP contribution is 2.24. The molecule has 1 fully saturated rings. The molecule has 1 amide bonds. The van der Waals surface area contributed by atoms with Gasteiger partial charge in [0, 0.05) is 13.1 Å². The minimum atomic E-state index is -3.91. The molecule has 0 aliphatic carbocycles. The Morgan fingerprint density at radius 2 is 1.79 bits per heavy atom. The Hall–Kier alpha value is -2.43. The van der Waals surface area contributed by atoms with Gasteiger partial charge in [0.2, 0.25) is 15.9 Å². The van der Waals surface area contributed by atoms with E-state index in [9.17, 15) is 21.6 Å². The summed E-state index contributed by atoms with van der Waals surface area (Å²) in [5.74, 6) is -0.374. The van der Waals surface area contributed by atoms with Crippen molar-refractivity contribution < 1.29 is 21.6 Å². The number of rotatable bonds is 5. The zero-order valence-electron chi connectivity index (χ0n) is 15.5. The second kappa shape index (κ2) is 7.53. The first-order valence-electron chi connectivity index (χ1n) is 8.56. The average molecular weight is 424 g/mol. The van der Waals surface area contributed by atoms with Gasteiger partial charge in [-0.3, -0.25) is 9.52 Å². The smallest absolute Gasteiger partial charge is 0.262 e. The third-order valence-corrected chi connectivity index (χ3v) is 7.72. The van der Waals surface area contributed by atoms with Gasteiger partial charge in [-0.05, 0) is 49.2 Å². The average Bonchev–Trinajstić information content (AvgIpc) is 2.63. The summed E-state index contributed by atoms with van der Waals surface area (Å²) in [5, 5.41) is 2.57. The number of anilines is 1. The standard InChI is InChI=1S/C18H21N3O5S2/c1-13-6-7-14(2)17(10-13)27(23,24)20-15-4-3-5-16(11-15)28(25,26)21-9-8-19-18(22)12-21/h3-7,10-11,20H,8-9,12H2,1-2H3,(H,19,22). The molecule has 0 unspecified atom stereocenters. The van der Waals surface area contributed by atoms with Crippen molar-refractivity contribution in [3.05, 3.63) is 53.6 Å². The quantitative estimate of drug-likeness (QED) is 0.751. The molecule has 1 aliphatic heterocycles. The number of hydrogen-bond acceptors (Lipinski definition) is 5. The maximum atomic E-state index is 12.8. The summed E-state index contributed by atoms with van der Waals surface area (Å²) in [6.45, 7) is 3.61. The van der Waals surface area contributed by atoms with E-state index in [4.69, 9.17) is 0 Å². The first-order valence-corrected chi connectivity index (χ1v) is 11.5. The summed E-state index contributed by atoms with van der Waals surface area (Å²) in [5.41, 5.74) is 1.51. The first-order chi connectivity index (χ1) is 13.1. The summed E-state index contributed by atoms with van der Waals surface area (Å²) in [6, 6.07) is 10.7. The maximum Gasteiger partial charge on any atom is 0.262 e. The predicted molar refractivity (Wildman–Crippen MR) is 105 cm³/mol. The second-order valence-corrected chi connectivity index (χ2v) is 10.2. The Morgan fingerprint density at radius 3 is 2.50 bits per heavy atom. The number of piperazine rings is 1. The number of carbonyl (C=O) groups excluding carboxylic acids is 1. The number of benzene rings is 2. The zero-order valence-corrected chi connectivity index (χ0v) is 17.1. The first kappa shape index (κ1) is 20.3. The zero-order chi connectivity index (χ0) is 20.5. The van der Waals surface area contributed by atoms with E-state index in [2.05, 4.69) is 10.0 Å². The molecule has 150 valence electrons. The van der Waals surface area contributed by atoms with Crippen LogP contribution in [0.25, 0.3) is 0 Å². The summed E-state index contributed by atoms with van der Waals surface area (Å²) in [4.78, 5) is 11.6. The molecule has 0 bridgehead atoms. The van der Waals surface area contributed by atoms with E-state index < -0.39 is 20.0 Å². The van der Waals surface area contributed by atoms with Gasteiger partial charge in [-0.15, -0.1) is 0 Å². The van der Waals surface area contributed by atoms with Gasteiger partial charge in [0.25, 0.3) is 10.0 Å². The molecule has 0 aromatic heterocycles. The minimum absolute atomic E-state index is 0.0802. The van der Waals surface area contributed by atoms with Gasteiger partial charge >= 0.3 is 0 Å². The Labute approximate surface area is 164 Å². The highest BCUT2D eigenvalue weighted by atomic mass is 32.2. The molecule has 0 atom stereocenters. The number of sulfonamides is 2. The fourth-order valence-electron chi connectivity index (χ4n) is 2.90.